The van der Waals surface area contributed by atoms with E-state index in [0.717, 1.165) is 18.0 Å². The number of alkyl halides is 3. The minimum absolute atomic E-state index is 0.00302. The van der Waals surface area contributed by atoms with Crippen molar-refractivity contribution in [1.82, 2.24) is 34.5 Å². The van der Waals surface area contributed by atoms with E-state index in [9.17, 15) is 23.2 Å². The maximum Gasteiger partial charge on any atom is 0.417 e. The number of carbonyl (C=O) groups is 1. The second-order valence-electron chi connectivity index (χ2n) is 12.6. The first-order valence-electron chi connectivity index (χ1n) is 15.5. The van der Waals surface area contributed by atoms with Crippen LogP contribution in [-0.2, 0) is 15.7 Å². The summed E-state index contributed by atoms with van der Waals surface area (Å²) >= 11 is 0. The molecule has 0 aliphatic carbocycles. The number of fused-ring (bicyclic) bond motifs is 1. The Hall–Kier alpha value is -4.91. The number of methoxy groups -OCH3 is 1. The average molecular weight is 670 g/mol. The van der Waals surface area contributed by atoms with Crippen LogP contribution in [0.2, 0.25) is 0 Å². The molecule has 16 heteroatoms. The molecule has 0 spiro atoms. The van der Waals surface area contributed by atoms with Crippen molar-refractivity contribution in [3.63, 3.8) is 0 Å². The SMILES string of the molecule is COCCNc1ncc(C(F)(F)F)cc1C(C)Oc1cc(-c2nnn(C3CCN(C(=O)OC(C)(C)C)CC3)c2C)cn2ncc(C#N)c12. The van der Waals surface area contributed by atoms with Crippen molar-refractivity contribution < 1.29 is 32.2 Å². The van der Waals surface area contributed by atoms with Crippen LogP contribution in [0.25, 0.3) is 16.8 Å². The summed E-state index contributed by atoms with van der Waals surface area (Å²) in [5.41, 5.74) is 1.13. The van der Waals surface area contributed by atoms with Crippen molar-refractivity contribution in [1.29, 1.82) is 5.26 Å². The molecule has 1 atom stereocenters. The van der Waals surface area contributed by atoms with E-state index in [2.05, 4.69) is 31.8 Å². The van der Waals surface area contributed by atoms with Gasteiger partial charge < -0.3 is 24.4 Å². The van der Waals surface area contributed by atoms with E-state index in [1.165, 1.54) is 17.8 Å². The molecule has 0 bridgehead atoms. The van der Waals surface area contributed by atoms with E-state index >= 15 is 0 Å². The highest BCUT2D eigenvalue weighted by Crippen LogP contribution is 2.37. The number of nitriles is 1. The molecule has 4 aromatic rings. The quantitative estimate of drug-likeness (QED) is 0.212. The van der Waals surface area contributed by atoms with Crippen molar-refractivity contribution >= 4 is 17.4 Å². The van der Waals surface area contributed by atoms with Gasteiger partial charge in [0.2, 0.25) is 0 Å². The minimum Gasteiger partial charge on any atom is -0.484 e. The third kappa shape index (κ3) is 7.46. The molecule has 0 radical (unpaired) electrons. The molecule has 1 N–H and O–H groups in total. The van der Waals surface area contributed by atoms with E-state index in [1.807, 2.05) is 32.4 Å². The molecule has 5 rings (SSSR count). The van der Waals surface area contributed by atoms with E-state index in [4.69, 9.17) is 14.2 Å². The highest BCUT2D eigenvalue weighted by molar-refractivity contribution is 5.75. The molecule has 1 aliphatic rings. The van der Waals surface area contributed by atoms with Crippen molar-refractivity contribution in [3.05, 3.63) is 53.1 Å². The highest BCUT2D eigenvalue weighted by atomic mass is 19.4. The Labute approximate surface area is 275 Å². The first-order chi connectivity index (χ1) is 22.7. The van der Waals surface area contributed by atoms with E-state index in [0.29, 0.717) is 55.9 Å². The number of carbonyl (C=O) groups excluding carboxylic acids is 1. The van der Waals surface area contributed by atoms with Gasteiger partial charge in [0.25, 0.3) is 0 Å². The molecule has 5 heterocycles. The zero-order valence-electron chi connectivity index (χ0n) is 27.6. The molecule has 0 saturated carbocycles. The largest absolute Gasteiger partial charge is 0.484 e. The van der Waals surface area contributed by atoms with Gasteiger partial charge in [0.15, 0.2) is 0 Å². The van der Waals surface area contributed by atoms with Crippen LogP contribution in [0.3, 0.4) is 0 Å². The summed E-state index contributed by atoms with van der Waals surface area (Å²) in [7, 11) is 1.51. The fourth-order valence-electron chi connectivity index (χ4n) is 5.58. The Bertz CT molecular complexity index is 1820. The number of nitrogens with one attached hydrogen (secondary N) is 1. The number of amides is 1. The topological polar surface area (TPSA) is 145 Å². The van der Waals surface area contributed by atoms with Gasteiger partial charge in [-0.25, -0.2) is 19.0 Å². The normalized spacial score (nSPS) is 15.0. The number of nitrogens with zero attached hydrogens (tertiary/aromatic N) is 8. The van der Waals surface area contributed by atoms with Crippen LogP contribution >= 0.6 is 0 Å². The van der Waals surface area contributed by atoms with Gasteiger partial charge in [0, 0.05) is 50.3 Å². The zero-order chi connectivity index (χ0) is 34.8. The first-order valence-corrected chi connectivity index (χ1v) is 15.5. The molecule has 48 heavy (non-hydrogen) atoms. The monoisotopic (exact) mass is 669 g/mol. The number of aromatic nitrogens is 6. The fraction of sp³-hybridized carbons (Fsp3) is 0.500. The number of rotatable bonds is 9. The van der Waals surface area contributed by atoms with Gasteiger partial charge in [-0.05, 0) is 59.6 Å². The number of hydrogen-bond donors (Lipinski definition) is 1. The average Bonchev–Trinajstić information content (AvgIpc) is 3.63. The van der Waals surface area contributed by atoms with Crippen molar-refractivity contribution in [3.8, 4) is 23.1 Å². The van der Waals surface area contributed by atoms with E-state index < -0.39 is 23.4 Å². The Morgan fingerprint density at radius 2 is 1.92 bits per heavy atom. The third-order valence-corrected chi connectivity index (χ3v) is 7.95. The van der Waals surface area contributed by atoms with Crippen molar-refractivity contribution in [2.75, 3.05) is 38.7 Å². The van der Waals surface area contributed by atoms with Crippen LogP contribution in [-0.4, -0.2) is 79.5 Å². The molecule has 4 aromatic heterocycles. The molecule has 0 aromatic carbocycles. The van der Waals surface area contributed by atoms with Crippen LogP contribution in [0.5, 0.6) is 5.75 Å². The maximum atomic E-state index is 13.7. The lowest BCUT2D eigenvalue weighted by molar-refractivity contribution is -0.137. The van der Waals surface area contributed by atoms with Gasteiger partial charge in [-0.3, -0.25) is 0 Å². The highest BCUT2D eigenvalue weighted by Gasteiger charge is 2.33. The predicted octanol–water partition coefficient (Wildman–Crippen LogP) is 5.96. The molecule has 1 aliphatic heterocycles. The summed E-state index contributed by atoms with van der Waals surface area (Å²) in [4.78, 5) is 18.3. The van der Waals surface area contributed by atoms with Gasteiger partial charge in [-0.1, -0.05) is 5.21 Å². The number of anilines is 1. The van der Waals surface area contributed by atoms with Gasteiger partial charge >= 0.3 is 12.3 Å². The lowest BCUT2D eigenvalue weighted by Crippen LogP contribution is -2.42. The fourth-order valence-corrected chi connectivity index (χ4v) is 5.58. The summed E-state index contributed by atoms with van der Waals surface area (Å²) < 4.78 is 61.3. The van der Waals surface area contributed by atoms with E-state index in [1.54, 1.807) is 24.1 Å². The Balaban J connectivity index is 1.45. The van der Waals surface area contributed by atoms with Crippen LogP contribution < -0.4 is 10.1 Å². The maximum absolute atomic E-state index is 13.7. The summed E-state index contributed by atoms with van der Waals surface area (Å²) in [6.45, 7) is 10.6. The summed E-state index contributed by atoms with van der Waals surface area (Å²) in [5.74, 6) is 0.430. The van der Waals surface area contributed by atoms with Gasteiger partial charge in [0.1, 0.15) is 46.1 Å². The summed E-state index contributed by atoms with van der Waals surface area (Å²) in [5, 5.41) is 26.0. The van der Waals surface area contributed by atoms with Gasteiger partial charge in [-0.15, -0.1) is 5.10 Å². The van der Waals surface area contributed by atoms with Crippen LogP contribution in [0.15, 0.2) is 30.7 Å². The number of halogens is 3. The molecule has 1 fully saturated rings. The predicted molar refractivity (Wildman–Crippen MR) is 168 cm³/mol. The second-order valence-corrected chi connectivity index (χ2v) is 12.6. The number of ether oxygens (including phenoxy) is 3. The molecule has 256 valence electrons. The first kappa shape index (κ1) is 34.4. The molecular weight excluding hydrogens is 631 g/mol. The summed E-state index contributed by atoms with van der Waals surface area (Å²) in [6.07, 6.45) is -0.725. The molecular formula is C32H38F3N9O4. The number of likely N-dealkylation sites (tertiary alicyclic amines) is 1. The lowest BCUT2D eigenvalue weighted by Gasteiger charge is -2.33. The second kappa shape index (κ2) is 13.7. The zero-order valence-corrected chi connectivity index (χ0v) is 27.6. The van der Waals surface area contributed by atoms with Gasteiger partial charge in [-0.2, -0.15) is 23.5 Å². The number of pyridine rings is 2. The van der Waals surface area contributed by atoms with Crippen molar-refractivity contribution in [2.45, 2.75) is 71.4 Å². The van der Waals surface area contributed by atoms with Gasteiger partial charge in [0.05, 0.1) is 30.1 Å². The third-order valence-electron chi connectivity index (χ3n) is 7.95. The standard InChI is InChI=1S/C32H38F3N9O4/c1-19-27(40-41-44(19)24-7-10-42(11-8-24)30(45)48-31(3,4)5)21-13-26(28-22(15-36)16-39-43(28)18-21)47-20(2)25-14-23(32(33,34)35)17-38-29(25)37-9-12-46-6/h13-14,16-18,20,24H,7-12H2,1-6H3,(H,37,38). The van der Waals surface area contributed by atoms with Crippen LogP contribution in [0, 0.1) is 18.3 Å². The Morgan fingerprint density at radius 1 is 1.19 bits per heavy atom. The summed E-state index contributed by atoms with van der Waals surface area (Å²) in [6, 6.07) is 4.78. The molecule has 13 nitrogen and oxygen atoms in total. The van der Waals surface area contributed by atoms with Crippen LogP contribution in [0.4, 0.5) is 23.8 Å². The number of piperidine rings is 1. The minimum atomic E-state index is -4.62. The van der Waals surface area contributed by atoms with E-state index in [-0.39, 0.29) is 34.8 Å². The molecule has 1 amide bonds. The molecule has 1 saturated heterocycles. The van der Waals surface area contributed by atoms with Crippen molar-refractivity contribution in [2.24, 2.45) is 0 Å². The van der Waals surface area contributed by atoms with Crippen LogP contribution in [0.1, 0.15) is 75.1 Å². The molecule has 1 unspecified atom stereocenters. The Morgan fingerprint density at radius 3 is 2.56 bits per heavy atom. The smallest absolute Gasteiger partial charge is 0.417 e. The number of hydrogen-bond acceptors (Lipinski definition) is 10. The Kier molecular flexibility index (Phi) is 9.81. The lowest BCUT2D eigenvalue weighted by atomic mass is 10.0.